The maximum absolute atomic E-state index is 12.8. The highest BCUT2D eigenvalue weighted by Crippen LogP contribution is 2.24. The predicted molar refractivity (Wildman–Crippen MR) is 108 cm³/mol. The van der Waals surface area contributed by atoms with Gasteiger partial charge in [-0.2, -0.15) is 0 Å². The smallest absolute Gasteiger partial charge is 0.274 e. The van der Waals surface area contributed by atoms with Crippen LogP contribution in [0.25, 0.3) is 16.4 Å². The Morgan fingerprint density at radius 3 is 2.56 bits per heavy atom. The van der Waals surface area contributed by atoms with E-state index in [1.165, 1.54) is 0 Å². The first-order valence-electron chi connectivity index (χ1n) is 9.07. The van der Waals surface area contributed by atoms with E-state index < -0.39 is 0 Å². The van der Waals surface area contributed by atoms with Crippen molar-refractivity contribution in [1.29, 1.82) is 0 Å². The summed E-state index contributed by atoms with van der Waals surface area (Å²) in [6.45, 7) is 2.02. The number of fused-ring (bicyclic) bond motifs is 3. The van der Waals surface area contributed by atoms with Crippen LogP contribution in [0.5, 0.6) is 5.75 Å². The average molecular weight is 361 g/mol. The highest BCUT2D eigenvalue weighted by Gasteiger charge is 2.09. The Kier molecular flexibility index (Phi) is 4.69. The van der Waals surface area contributed by atoms with Crippen molar-refractivity contribution in [3.63, 3.8) is 0 Å². The third-order valence-electron chi connectivity index (χ3n) is 4.73. The minimum absolute atomic E-state index is 0.0299. The second-order valence-electron chi connectivity index (χ2n) is 6.99. The van der Waals surface area contributed by atoms with Crippen molar-refractivity contribution >= 4 is 16.4 Å². The summed E-state index contributed by atoms with van der Waals surface area (Å²) in [5.41, 5.74) is 2.82. The summed E-state index contributed by atoms with van der Waals surface area (Å²) in [6, 6.07) is 18.0. The number of likely N-dealkylation sites (N-methyl/N-ethyl adjacent to an activating group) is 1. The Morgan fingerprint density at radius 2 is 1.78 bits per heavy atom. The van der Waals surface area contributed by atoms with Gasteiger partial charge in [-0.15, -0.1) is 0 Å². The molecule has 0 aliphatic rings. The van der Waals surface area contributed by atoms with E-state index in [1.54, 1.807) is 4.57 Å². The van der Waals surface area contributed by atoms with Gasteiger partial charge in [0.2, 0.25) is 0 Å². The van der Waals surface area contributed by atoms with Gasteiger partial charge in [0, 0.05) is 36.9 Å². The van der Waals surface area contributed by atoms with Gasteiger partial charge in [0.25, 0.3) is 5.56 Å². The van der Waals surface area contributed by atoms with Crippen LogP contribution in [-0.2, 0) is 13.2 Å². The van der Waals surface area contributed by atoms with Crippen molar-refractivity contribution in [3.05, 3.63) is 82.9 Å². The number of benzene rings is 2. The normalized spacial score (nSPS) is 11.5. The third-order valence-corrected chi connectivity index (χ3v) is 4.73. The quantitative estimate of drug-likeness (QED) is 0.528. The summed E-state index contributed by atoms with van der Waals surface area (Å²) < 4.78 is 9.64. The molecule has 0 fully saturated rings. The fraction of sp³-hybridized carbons (Fsp3) is 0.227. The van der Waals surface area contributed by atoms with Gasteiger partial charge in [-0.25, -0.2) is 0 Å². The molecule has 0 atom stereocenters. The van der Waals surface area contributed by atoms with E-state index in [-0.39, 0.29) is 5.56 Å². The van der Waals surface area contributed by atoms with Gasteiger partial charge in [0.1, 0.15) is 17.9 Å². The lowest BCUT2D eigenvalue weighted by Crippen LogP contribution is -2.26. The summed E-state index contributed by atoms with van der Waals surface area (Å²) in [6.07, 6.45) is 3.81. The van der Waals surface area contributed by atoms with E-state index >= 15 is 0 Å². The molecular weight excluding hydrogens is 338 g/mol. The number of hydrogen-bond acceptors (Lipinski definition) is 3. The Bertz CT molecular complexity index is 1130. The molecule has 0 aliphatic carbocycles. The van der Waals surface area contributed by atoms with Crippen LogP contribution in [0, 0.1) is 0 Å². The average Bonchev–Trinajstić information content (AvgIpc) is 3.05. The van der Waals surface area contributed by atoms with Crippen LogP contribution in [0.2, 0.25) is 0 Å². The summed E-state index contributed by atoms with van der Waals surface area (Å²) in [4.78, 5) is 14.9. The highest BCUT2D eigenvalue weighted by molar-refractivity contribution is 5.87. The fourth-order valence-corrected chi connectivity index (χ4v) is 3.20. The number of hydrogen-bond donors (Lipinski definition) is 0. The van der Waals surface area contributed by atoms with Crippen LogP contribution < -0.4 is 10.3 Å². The molecule has 0 saturated heterocycles. The van der Waals surface area contributed by atoms with Crippen LogP contribution in [0.1, 0.15) is 5.56 Å². The van der Waals surface area contributed by atoms with Gasteiger partial charge in [0.15, 0.2) is 0 Å². The SMILES string of the molecule is CN(C)CCn1ccn2c(cc3ccc(OCc4ccccc4)cc32)c1=O. The number of aromatic nitrogens is 2. The molecule has 2 aromatic heterocycles. The molecule has 0 aliphatic heterocycles. The molecule has 0 radical (unpaired) electrons. The Hall–Kier alpha value is -3.05. The number of nitrogens with zero attached hydrogens (tertiary/aromatic N) is 3. The molecule has 0 bridgehead atoms. The molecule has 0 N–H and O–H groups in total. The van der Waals surface area contributed by atoms with Crippen molar-refractivity contribution in [2.24, 2.45) is 0 Å². The minimum Gasteiger partial charge on any atom is -0.489 e. The lowest BCUT2D eigenvalue weighted by atomic mass is 10.2. The van der Waals surface area contributed by atoms with Crippen molar-refractivity contribution < 1.29 is 4.74 Å². The van der Waals surface area contributed by atoms with Crippen LogP contribution in [0.4, 0.5) is 0 Å². The van der Waals surface area contributed by atoms with Crippen LogP contribution in [0.15, 0.2) is 71.8 Å². The Balaban J connectivity index is 1.65. The second kappa shape index (κ2) is 7.29. The molecule has 0 unspecified atom stereocenters. The van der Waals surface area contributed by atoms with E-state index in [4.69, 9.17) is 4.74 Å². The molecule has 0 amide bonds. The molecule has 27 heavy (non-hydrogen) atoms. The van der Waals surface area contributed by atoms with Crippen LogP contribution >= 0.6 is 0 Å². The first kappa shape index (κ1) is 17.4. The highest BCUT2D eigenvalue weighted by atomic mass is 16.5. The predicted octanol–water partition coefficient (Wildman–Crippen LogP) is 3.39. The van der Waals surface area contributed by atoms with Gasteiger partial charge >= 0.3 is 0 Å². The number of rotatable bonds is 6. The summed E-state index contributed by atoms with van der Waals surface area (Å²) >= 11 is 0. The van der Waals surface area contributed by atoms with Crippen LogP contribution in [0.3, 0.4) is 0 Å². The van der Waals surface area contributed by atoms with Crippen molar-refractivity contribution in [3.8, 4) is 5.75 Å². The van der Waals surface area contributed by atoms with Crippen molar-refractivity contribution in [2.75, 3.05) is 20.6 Å². The lowest BCUT2D eigenvalue weighted by Gasteiger charge is -2.11. The minimum atomic E-state index is 0.0299. The van der Waals surface area contributed by atoms with E-state index in [9.17, 15) is 4.79 Å². The molecular formula is C22H23N3O2. The molecule has 4 rings (SSSR count). The van der Waals surface area contributed by atoms with Gasteiger partial charge in [0.05, 0.1) is 5.52 Å². The van der Waals surface area contributed by atoms with Crippen molar-refractivity contribution in [1.82, 2.24) is 13.9 Å². The standard InChI is InChI=1S/C22H23N3O2/c1-23(2)10-11-24-12-13-25-20-15-19(27-16-17-6-4-3-5-7-17)9-8-18(20)14-21(25)22(24)26/h3-9,12-15H,10-11,16H2,1-2H3. The first-order valence-corrected chi connectivity index (χ1v) is 9.07. The van der Waals surface area contributed by atoms with E-state index in [0.29, 0.717) is 18.7 Å². The van der Waals surface area contributed by atoms with Crippen molar-refractivity contribution in [2.45, 2.75) is 13.2 Å². The maximum Gasteiger partial charge on any atom is 0.274 e. The third kappa shape index (κ3) is 3.59. The molecule has 5 heteroatoms. The van der Waals surface area contributed by atoms with Gasteiger partial charge in [-0.3, -0.25) is 4.79 Å². The van der Waals surface area contributed by atoms with Gasteiger partial charge in [-0.05, 0) is 37.9 Å². The van der Waals surface area contributed by atoms with E-state index in [1.807, 2.05) is 85.5 Å². The zero-order valence-electron chi connectivity index (χ0n) is 15.6. The lowest BCUT2D eigenvalue weighted by molar-refractivity contribution is 0.306. The number of ether oxygens (including phenoxy) is 1. The molecule has 4 aromatic rings. The summed E-state index contributed by atoms with van der Waals surface area (Å²) in [5.74, 6) is 0.795. The Labute approximate surface area is 158 Å². The van der Waals surface area contributed by atoms with Crippen LogP contribution in [-0.4, -0.2) is 34.5 Å². The topological polar surface area (TPSA) is 38.9 Å². The maximum atomic E-state index is 12.8. The zero-order chi connectivity index (χ0) is 18.8. The molecule has 0 spiro atoms. The molecule has 5 nitrogen and oxygen atoms in total. The molecule has 0 saturated carbocycles. The molecule has 2 heterocycles. The van der Waals surface area contributed by atoms with Gasteiger partial charge < -0.3 is 18.6 Å². The van der Waals surface area contributed by atoms with Gasteiger partial charge in [-0.1, -0.05) is 30.3 Å². The monoisotopic (exact) mass is 361 g/mol. The van der Waals surface area contributed by atoms with E-state index in [2.05, 4.69) is 4.90 Å². The second-order valence-corrected chi connectivity index (χ2v) is 6.99. The van der Waals surface area contributed by atoms with E-state index in [0.717, 1.165) is 28.8 Å². The summed E-state index contributed by atoms with van der Waals surface area (Å²) in [5, 5.41) is 1.03. The molecule has 2 aromatic carbocycles. The first-order chi connectivity index (χ1) is 13.1. The summed E-state index contributed by atoms with van der Waals surface area (Å²) in [7, 11) is 4.01. The Morgan fingerprint density at radius 1 is 0.963 bits per heavy atom. The molecule has 138 valence electrons. The largest absolute Gasteiger partial charge is 0.489 e. The fourth-order valence-electron chi connectivity index (χ4n) is 3.20. The zero-order valence-corrected chi connectivity index (χ0v) is 15.6.